The average molecular weight is 510 g/mol. The molecule has 3 rings (SSSR count). The van der Waals surface area contributed by atoms with Crippen LogP contribution in [-0.2, 0) is 14.6 Å². The molecule has 0 aromatic heterocycles. The lowest BCUT2D eigenvalue weighted by Crippen LogP contribution is -2.26. The van der Waals surface area contributed by atoms with Gasteiger partial charge in [0.05, 0.1) is 9.13 Å². The SMILES string of the molecule is CC(=O)NC(=C(Sc1ccc(Cl)cc1)Sc1ccc(Cl)cc1)S(=O)(=O)c1ccccc1. The summed E-state index contributed by atoms with van der Waals surface area (Å²) in [7, 11) is -4.00. The zero-order valence-corrected chi connectivity index (χ0v) is 20.2. The van der Waals surface area contributed by atoms with E-state index in [1.54, 1.807) is 66.7 Å². The van der Waals surface area contributed by atoms with E-state index in [-0.39, 0.29) is 9.92 Å². The highest BCUT2D eigenvalue weighted by Crippen LogP contribution is 2.43. The zero-order valence-electron chi connectivity index (χ0n) is 16.2. The fourth-order valence-corrected chi connectivity index (χ4v) is 6.85. The summed E-state index contributed by atoms with van der Waals surface area (Å²) in [5.41, 5.74) is 0. The lowest BCUT2D eigenvalue weighted by molar-refractivity contribution is -0.118. The molecule has 160 valence electrons. The smallest absolute Gasteiger partial charge is 0.223 e. The molecule has 0 saturated carbocycles. The molecule has 0 aliphatic heterocycles. The number of thioether (sulfide) groups is 2. The van der Waals surface area contributed by atoms with Crippen molar-refractivity contribution in [3.05, 3.63) is 98.2 Å². The molecule has 0 atom stereocenters. The Morgan fingerprint density at radius 1 is 0.774 bits per heavy atom. The van der Waals surface area contributed by atoms with Crippen LogP contribution in [0.5, 0.6) is 0 Å². The highest BCUT2D eigenvalue weighted by Gasteiger charge is 2.27. The number of carbonyl (C=O) groups is 1. The first-order chi connectivity index (χ1) is 14.8. The highest BCUT2D eigenvalue weighted by atomic mass is 35.5. The Labute approximate surface area is 200 Å². The quantitative estimate of drug-likeness (QED) is 0.362. The maximum Gasteiger partial charge on any atom is 0.223 e. The van der Waals surface area contributed by atoms with Crippen molar-refractivity contribution in [2.75, 3.05) is 0 Å². The van der Waals surface area contributed by atoms with Gasteiger partial charge in [0.25, 0.3) is 0 Å². The number of hydrogen-bond donors (Lipinski definition) is 1. The normalized spacial score (nSPS) is 11.1. The van der Waals surface area contributed by atoms with Gasteiger partial charge in [0, 0.05) is 26.8 Å². The standard InChI is InChI=1S/C22H17Cl2NO3S3/c1-15(26)25-21(31(27,28)20-5-3-2-4-6-20)22(29-18-11-7-16(23)8-12-18)30-19-13-9-17(24)10-14-19/h2-14H,1H3,(H,25,26). The van der Waals surface area contributed by atoms with Gasteiger partial charge in [-0.15, -0.1) is 0 Å². The molecule has 31 heavy (non-hydrogen) atoms. The summed E-state index contributed by atoms with van der Waals surface area (Å²) < 4.78 is 27.3. The second-order valence-corrected chi connectivity index (χ2v) is 11.4. The van der Waals surface area contributed by atoms with E-state index in [4.69, 9.17) is 23.2 Å². The minimum atomic E-state index is -4.00. The fraction of sp³-hybridized carbons (Fsp3) is 0.0455. The number of amides is 1. The second kappa shape index (κ2) is 10.6. The molecule has 0 aliphatic rings. The van der Waals surface area contributed by atoms with Crippen molar-refractivity contribution < 1.29 is 13.2 Å². The number of hydrogen-bond acceptors (Lipinski definition) is 5. The Balaban J connectivity index is 2.16. The highest BCUT2D eigenvalue weighted by molar-refractivity contribution is 8.23. The number of carbonyl (C=O) groups excluding carboxylic acids is 1. The molecular weight excluding hydrogens is 493 g/mol. The van der Waals surface area contributed by atoms with Gasteiger partial charge in [-0.05, 0) is 60.7 Å². The first-order valence-corrected chi connectivity index (χ1v) is 12.8. The van der Waals surface area contributed by atoms with Crippen LogP contribution in [0.25, 0.3) is 0 Å². The maximum atomic E-state index is 13.5. The molecule has 1 N–H and O–H groups in total. The van der Waals surface area contributed by atoms with Gasteiger partial charge < -0.3 is 5.32 Å². The summed E-state index contributed by atoms with van der Waals surface area (Å²) >= 11 is 14.4. The molecule has 0 unspecified atom stereocenters. The van der Waals surface area contributed by atoms with Crippen molar-refractivity contribution in [1.29, 1.82) is 0 Å². The number of rotatable bonds is 7. The fourth-order valence-electron chi connectivity index (χ4n) is 2.44. The third-order valence-electron chi connectivity index (χ3n) is 3.85. The largest absolute Gasteiger partial charge is 0.315 e. The number of nitrogens with one attached hydrogen (secondary N) is 1. The van der Waals surface area contributed by atoms with Crippen LogP contribution in [0.3, 0.4) is 0 Å². The van der Waals surface area contributed by atoms with Crippen LogP contribution in [0.15, 0.2) is 103 Å². The molecule has 0 heterocycles. The van der Waals surface area contributed by atoms with E-state index in [0.717, 1.165) is 9.79 Å². The van der Waals surface area contributed by atoms with E-state index in [9.17, 15) is 13.2 Å². The van der Waals surface area contributed by atoms with Gasteiger partial charge in [0.15, 0.2) is 5.03 Å². The van der Waals surface area contributed by atoms with Crippen molar-refractivity contribution in [3.63, 3.8) is 0 Å². The predicted octanol–water partition coefficient (Wildman–Crippen LogP) is 6.61. The molecular formula is C22H17Cl2NO3S3. The summed E-state index contributed by atoms with van der Waals surface area (Å²) in [6, 6.07) is 22.0. The van der Waals surface area contributed by atoms with Crippen LogP contribution < -0.4 is 5.32 Å². The van der Waals surface area contributed by atoms with E-state index in [0.29, 0.717) is 14.3 Å². The minimum absolute atomic E-state index is 0.0877. The number of sulfone groups is 1. The summed E-state index contributed by atoms with van der Waals surface area (Å²) in [4.78, 5) is 13.6. The van der Waals surface area contributed by atoms with E-state index in [1.165, 1.54) is 42.6 Å². The zero-order chi connectivity index (χ0) is 22.4. The van der Waals surface area contributed by atoms with Crippen molar-refractivity contribution in [2.24, 2.45) is 0 Å². The lowest BCUT2D eigenvalue weighted by atomic mass is 10.4. The molecule has 4 nitrogen and oxygen atoms in total. The molecule has 0 radical (unpaired) electrons. The molecule has 3 aromatic rings. The molecule has 0 bridgehead atoms. The third-order valence-corrected chi connectivity index (χ3v) is 8.64. The van der Waals surface area contributed by atoms with Gasteiger partial charge in [0.1, 0.15) is 0 Å². The Kier molecular flexibility index (Phi) is 8.13. The number of benzene rings is 3. The van der Waals surface area contributed by atoms with Gasteiger partial charge in [-0.25, -0.2) is 8.42 Å². The van der Waals surface area contributed by atoms with Gasteiger partial charge >= 0.3 is 0 Å². The van der Waals surface area contributed by atoms with Crippen LogP contribution in [-0.4, -0.2) is 14.3 Å². The van der Waals surface area contributed by atoms with Crippen LogP contribution in [0.2, 0.25) is 10.0 Å². The predicted molar refractivity (Wildman–Crippen MR) is 129 cm³/mol. The Hall–Kier alpha value is -1.90. The van der Waals surface area contributed by atoms with Gasteiger partial charge in [-0.1, -0.05) is 64.9 Å². The van der Waals surface area contributed by atoms with Gasteiger partial charge in [-0.2, -0.15) is 0 Å². The molecule has 3 aromatic carbocycles. The van der Waals surface area contributed by atoms with Gasteiger partial charge in [-0.3, -0.25) is 4.79 Å². The van der Waals surface area contributed by atoms with Gasteiger partial charge in [0.2, 0.25) is 15.7 Å². The molecule has 1 amide bonds. The Morgan fingerprint density at radius 2 is 1.23 bits per heavy atom. The van der Waals surface area contributed by atoms with Crippen molar-refractivity contribution in [1.82, 2.24) is 5.32 Å². The first-order valence-electron chi connectivity index (χ1n) is 8.94. The number of halogens is 2. The molecule has 0 saturated heterocycles. The van der Waals surface area contributed by atoms with Crippen molar-refractivity contribution in [2.45, 2.75) is 21.6 Å². The second-order valence-electron chi connectivity index (χ2n) is 6.23. The van der Waals surface area contributed by atoms with E-state index >= 15 is 0 Å². The molecule has 0 aliphatic carbocycles. The third kappa shape index (κ3) is 6.54. The van der Waals surface area contributed by atoms with Crippen LogP contribution >= 0.6 is 46.7 Å². The Morgan fingerprint density at radius 3 is 1.65 bits per heavy atom. The van der Waals surface area contributed by atoms with Crippen molar-refractivity contribution in [3.8, 4) is 0 Å². The monoisotopic (exact) mass is 509 g/mol. The summed E-state index contributed by atoms with van der Waals surface area (Å²) in [5.74, 6) is -0.486. The Bertz CT molecular complexity index is 1150. The maximum absolute atomic E-state index is 13.5. The summed E-state index contributed by atoms with van der Waals surface area (Å²) in [6.07, 6.45) is 0. The first kappa shape index (κ1) is 23.8. The minimum Gasteiger partial charge on any atom is -0.315 e. The lowest BCUT2D eigenvalue weighted by Gasteiger charge is -2.16. The van der Waals surface area contributed by atoms with Crippen LogP contribution in [0.4, 0.5) is 0 Å². The van der Waals surface area contributed by atoms with Crippen molar-refractivity contribution >= 4 is 62.5 Å². The molecule has 0 fully saturated rings. The van der Waals surface area contributed by atoms with E-state index in [2.05, 4.69) is 5.32 Å². The summed E-state index contributed by atoms with van der Waals surface area (Å²) in [5, 5.41) is 3.50. The van der Waals surface area contributed by atoms with E-state index in [1.807, 2.05) is 0 Å². The van der Waals surface area contributed by atoms with E-state index < -0.39 is 15.7 Å². The van der Waals surface area contributed by atoms with Crippen LogP contribution in [0, 0.1) is 0 Å². The topological polar surface area (TPSA) is 63.2 Å². The molecule has 9 heteroatoms. The summed E-state index contributed by atoms with van der Waals surface area (Å²) in [6.45, 7) is 1.28. The average Bonchev–Trinajstić information content (AvgIpc) is 2.75. The van der Waals surface area contributed by atoms with Crippen LogP contribution in [0.1, 0.15) is 6.92 Å². The molecule has 0 spiro atoms.